The van der Waals surface area contributed by atoms with Crippen LogP contribution in [0.15, 0.2) is 12.3 Å². The van der Waals surface area contributed by atoms with Gasteiger partial charge in [0.15, 0.2) is 0 Å². The molecule has 1 aromatic rings. The Labute approximate surface area is 64.0 Å². The number of halogens is 1. The van der Waals surface area contributed by atoms with Gasteiger partial charge in [0.05, 0.1) is 10.7 Å². The first-order valence-electron chi connectivity index (χ1n) is 2.62. The normalized spacial score (nSPS) is 8.80. The number of anilines is 1. The lowest BCUT2D eigenvalue weighted by molar-refractivity contribution is 1.29. The summed E-state index contributed by atoms with van der Waals surface area (Å²) in [6.07, 6.45) is 6.59. The summed E-state index contributed by atoms with van der Waals surface area (Å²) >= 11 is 5.63. The van der Waals surface area contributed by atoms with E-state index in [1.165, 1.54) is 6.20 Å². The number of terminal acetylenes is 1. The molecule has 50 valence electrons. The summed E-state index contributed by atoms with van der Waals surface area (Å²) < 4.78 is 0. The van der Waals surface area contributed by atoms with Crippen molar-refractivity contribution < 1.29 is 0 Å². The number of hydrogen-bond donors (Lipinski definition) is 1. The van der Waals surface area contributed by atoms with Crippen molar-refractivity contribution >= 4 is 17.3 Å². The van der Waals surface area contributed by atoms with Gasteiger partial charge in [-0.15, -0.1) is 6.42 Å². The topological polar surface area (TPSA) is 38.9 Å². The molecule has 0 atom stereocenters. The van der Waals surface area contributed by atoms with Gasteiger partial charge in [-0.3, -0.25) is 0 Å². The van der Waals surface area contributed by atoms with Gasteiger partial charge in [0.2, 0.25) is 0 Å². The van der Waals surface area contributed by atoms with Gasteiger partial charge < -0.3 is 5.73 Å². The molecule has 2 N–H and O–H groups in total. The molecule has 0 aliphatic carbocycles. The second kappa shape index (κ2) is 2.59. The highest BCUT2D eigenvalue weighted by atomic mass is 35.5. The summed E-state index contributed by atoms with van der Waals surface area (Å²) in [5, 5.41) is 0.447. The van der Waals surface area contributed by atoms with Crippen molar-refractivity contribution in [1.82, 2.24) is 4.98 Å². The van der Waals surface area contributed by atoms with E-state index in [1.54, 1.807) is 6.07 Å². The van der Waals surface area contributed by atoms with Gasteiger partial charge >= 0.3 is 0 Å². The van der Waals surface area contributed by atoms with E-state index in [2.05, 4.69) is 10.9 Å². The molecule has 3 heteroatoms. The number of hydrogen-bond acceptors (Lipinski definition) is 2. The molecule has 0 aliphatic rings. The van der Waals surface area contributed by atoms with Gasteiger partial charge in [0.25, 0.3) is 0 Å². The fourth-order valence-electron chi connectivity index (χ4n) is 0.565. The van der Waals surface area contributed by atoms with Gasteiger partial charge in [0.1, 0.15) is 5.69 Å². The van der Waals surface area contributed by atoms with Crippen LogP contribution in [0.5, 0.6) is 0 Å². The van der Waals surface area contributed by atoms with Crippen molar-refractivity contribution in [2.45, 2.75) is 0 Å². The van der Waals surface area contributed by atoms with E-state index in [0.29, 0.717) is 16.4 Å². The number of nitrogen functional groups attached to an aromatic ring is 1. The average Bonchev–Trinajstić information content (AvgIpc) is 1.95. The summed E-state index contributed by atoms with van der Waals surface area (Å²) in [4.78, 5) is 3.81. The minimum atomic E-state index is 0.367. The Morgan fingerprint density at radius 3 is 2.90 bits per heavy atom. The number of aromatic nitrogens is 1. The van der Waals surface area contributed by atoms with Crippen LogP contribution in [0, 0.1) is 12.3 Å². The van der Waals surface area contributed by atoms with Crippen LogP contribution in [0.3, 0.4) is 0 Å². The Hall–Kier alpha value is -1.20. The van der Waals surface area contributed by atoms with E-state index in [4.69, 9.17) is 23.8 Å². The molecule has 1 heterocycles. The van der Waals surface area contributed by atoms with Crippen LogP contribution in [-0.4, -0.2) is 4.98 Å². The van der Waals surface area contributed by atoms with Crippen molar-refractivity contribution in [1.29, 1.82) is 0 Å². The monoisotopic (exact) mass is 152 g/mol. The molecule has 0 fully saturated rings. The molecule has 0 aromatic carbocycles. The van der Waals surface area contributed by atoms with Crippen molar-refractivity contribution in [3.63, 3.8) is 0 Å². The van der Waals surface area contributed by atoms with Gasteiger partial charge in [0, 0.05) is 6.20 Å². The third kappa shape index (κ3) is 1.04. The summed E-state index contributed by atoms with van der Waals surface area (Å²) in [5.74, 6) is 2.32. The van der Waals surface area contributed by atoms with E-state index in [1.807, 2.05) is 0 Å². The largest absolute Gasteiger partial charge is 0.395 e. The number of nitrogens with zero attached hydrogens (tertiary/aromatic N) is 1. The van der Waals surface area contributed by atoms with Gasteiger partial charge in [-0.2, -0.15) is 0 Å². The lowest BCUT2D eigenvalue weighted by Gasteiger charge is -1.97. The van der Waals surface area contributed by atoms with Crippen molar-refractivity contribution in [3.05, 3.63) is 23.0 Å². The standard InChI is InChI=1S/C7H5ClN2/c1-2-6-7(9)5(8)3-4-10-6/h1,3-4H,9H2. The summed E-state index contributed by atoms with van der Waals surface area (Å²) in [7, 11) is 0. The SMILES string of the molecule is C#Cc1nccc(Cl)c1N. The highest BCUT2D eigenvalue weighted by Gasteiger charge is 1.99. The first kappa shape index (κ1) is 6.91. The van der Waals surface area contributed by atoms with Crippen LogP contribution in [0.25, 0.3) is 0 Å². The first-order valence-corrected chi connectivity index (χ1v) is 3.00. The maximum Gasteiger partial charge on any atom is 0.137 e. The molecule has 0 aliphatic heterocycles. The minimum absolute atomic E-state index is 0.367. The second-order valence-electron chi connectivity index (χ2n) is 1.70. The number of nitrogens with two attached hydrogens (primary N) is 1. The van der Waals surface area contributed by atoms with Crippen molar-refractivity contribution in [3.8, 4) is 12.3 Å². The molecular weight excluding hydrogens is 148 g/mol. The molecule has 0 spiro atoms. The molecule has 0 radical (unpaired) electrons. The van der Waals surface area contributed by atoms with Crippen LogP contribution in [-0.2, 0) is 0 Å². The average molecular weight is 153 g/mol. The van der Waals surface area contributed by atoms with Crippen LogP contribution in [0.1, 0.15) is 5.69 Å². The maximum absolute atomic E-state index is 5.63. The zero-order valence-electron chi connectivity index (χ0n) is 5.13. The van der Waals surface area contributed by atoms with E-state index < -0.39 is 0 Å². The van der Waals surface area contributed by atoms with Crippen LogP contribution in [0.4, 0.5) is 5.69 Å². The predicted octanol–water partition coefficient (Wildman–Crippen LogP) is 1.30. The van der Waals surface area contributed by atoms with E-state index in [-0.39, 0.29) is 0 Å². The Balaban J connectivity index is 3.31. The molecule has 0 saturated carbocycles. The molecule has 0 amide bonds. The quantitative estimate of drug-likeness (QED) is 0.569. The van der Waals surface area contributed by atoms with Crippen LogP contribution < -0.4 is 5.73 Å². The number of pyridine rings is 1. The minimum Gasteiger partial charge on any atom is -0.395 e. The Kier molecular flexibility index (Phi) is 1.79. The van der Waals surface area contributed by atoms with Gasteiger partial charge in [-0.05, 0) is 12.0 Å². The Bertz CT molecular complexity index is 288. The molecule has 0 bridgehead atoms. The van der Waals surface area contributed by atoms with Crippen molar-refractivity contribution in [2.75, 3.05) is 5.73 Å². The molecule has 0 unspecified atom stereocenters. The molecule has 2 nitrogen and oxygen atoms in total. The lowest BCUT2D eigenvalue weighted by Crippen LogP contribution is -1.93. The van der Waals surface area contributed by atoms with Crippen molar-refractivity contribution in [2.24, 2.45) is 0 Å². The highest BCUT2D eigenvalue weighted by molar-refractivity contribution is 6.33. The van der Waals surface area contributed by atoms with Gasteiger partial charge in [-0.25, -0.2) is 4.98 Å². The fourth-order valence-corrected chi connectivity index (χ4v) is 0.711. The highest BCUT2D eigenvalue weighted by Crippen LogP contribution is 2.18. The van der Waals surface area contributed by atoms with E-state index >= 15 is 0 Å². The van der Waals surface area contributed by atoms with Gasteiger partial charge in [-0.1, -0.05) is 11.6 Å². The zero-order chi connectivity index (χ0) is 7.56. The predicted molar refractivity (Wildman–Crippen MR) is 41.6 cm³/mol. The summed E-state index contributed by atoms with van der Waals surface area (Å²) in [6.45, 7) is 0. The molecule has 1 aromatic heterocycles. The Morgan fingerprint density at radius 1 is 1.70 bits per heavy atom. The van der Waals surface area contributed by atoms with Crippen LogP contribution in [0.2, 0.25) is 5.02 Å². The van der Waals surface area contributed by atoms with E-state index in [9.17, 15) is 0 Å². The summed E-state index contributed by atoms with van der Waals surface area (Å²) in [5.41, 5.74) is 6.22. The number of rotatable bonds is 0. The smallest absolute Gasteiger partial charge is 0.137 e. The second-order valence-corrected chi connectivity index (χ2v) is 2.11. The van der Waals surface area contributed by atoms with E-state index in [0.717, 1.165) is 0 Å². The first-order chi connectivity index (χ1) is 4.75. The lowest BCUT2D eigenvalue weighted by atomic mass is 10.3. The summed E-state index contributed by atoms with van der Waals surface area (Å²) in [6, 6.07) is 1.59. The molecule has 1 rings (SSSR count). The Morgan fingerprint density at radius 2 is 2.40 bits per heavy atom. The van der Waals surface area contributed by atoms with Crippen LogP contribution >= 0.6 is 11.6 Å². The molecule has 10 heavy (non-hydrogen) atoms. The zero-order valence-corrected chi connectivity index (χ0v) is 5.89. The third-order valence-electron chi connectivity index (χ3n) is 1.07. The fraction of sp³-hybridized carbons (Fsp3) is 0. The maximum atomic E-state index is 5.63. The molecule has 0 saturated heterocycles. The molecular formula is C7H5ClN2. The third-order valence-corrected chi connectivity index (χ3v) is 1.40.